The Morgan fingerprint density at radius 1 is 1.11 bits per heavy atom. The third kappa shape index (κ3) is 4.12. The number of carbonyl (C=O) groups excluding carboxylic acids is 1. The van der Waals surface area contributed by atoms with Gasteiger partial charge in [0.05, 0.1) is 0 Å². The molecule has 142 valence electrons. The van der Waals surface area contributed by atoms with Crippen LogP contribution in [0.15, 0.2) is 36.4 Å². The van der Waals surface area contributed by atoms with Crippen LogP contribution in [0, 0.1) is 18.7 Å². The first-order valence-corrected chi connectivity index (χ1v) is 9.88. The summed E-state index contributed by atoms with van der Waals surface area (Å²) in [4.78, 5) is 19.5. The lowest BCUT2D eigenvalue weighted by Crippen LogP contribution is -2.33. The Kier molecular flexibility index (Phi) is 5.10. The van der Waals surface area contributed by atoms with Crippen molar-refractivity contribution in [3.8, 4) is 0 Å². The molecule has 2 aliphatic rings. The van der Waals surface area contributed by atoms with Crippen molar-refractivity contribution in [2.45, 2.75) is 44.9 Å². The van der Waals surface area contributed by atoms with E-state index in [-0.39, 0.29) is 17.7 Å². The highest BCUT2D eigenvalue weighted by Crippen LogP contribution is 2.32. The van der Waals surface area contributed by atoms with Crippen LogP contribution in [-0.4, -0.2) is 28.9 Å². The van der Waals surface area contributed by atoms with Gasteiger partial charge in [-0.1, -0.05) is 12.8 Å². The van der Waals surface area contributed by atoms with E-state index in [0.717, 1.165) is 55.1 Å². The lowest BCUT2D eigenvalue weighted by atomic mass is 10.0. The minimum atomic E-state index is -0.245. The Balaban J connectivity index is 1.46. The largest absolute Gasteiger partial charge is 0.355 e. The maximum Gasteiger partial charge on any atom is 0.225 e. The molecule has 1 aliphatic heterocycles. The lowest BCUT2D eigenvalue weighted by molar-refractivity contribution is -0.134. The first kappa shape index (κ1) is 18.0. The first-order chi connectivity index (χ1) is 13.1. The molecule has 0 spiro atoms. The van der Waals surface area contributed by atoms with Gasteiger partial charge in [0.15, 0.2) is 0 Å². The molecular weight excluding hydrogens is 341 g/mol. The monoisotopic (exact) mass is 367 g/mol. The fourth-order valence-corrected chi connectivity index (χ4v) is 4.31. The van der Waals surface area contributed by atoms with Gasteiger partial charge in [-0.25, -0.2) is 4.39 Å². The number of hydrogen-bond acceptors (Lipinski definition) is 3. The molecule has 4 rings (SSSR count). The zero-order valence-electron chi connectivity index (χ0n) is 15.7. The zero-order valence-corrected chi connectivity index (χ0v) is 15.7. The molecule has 0 bridgehead atoms. The molecule has 1 aromatic carbocycles. The predicted octanol–water partition coefficient (Wildman–Crippen LogP) is 4.78. The Morgan fingerprint density at radius 3 is 2.59 bits per heavy atom. The van der Waals surface area contributed by atoms with E-state index in [9.17, 15) is 9.18 Å². The SMILES string of the molecule is Cc1cc(Nc2ccc(F)cc2)cc(C2CCN(C(=O)C3CCCC3)C2)n1. The number of hydrogen-bond donors (Lipinski definition) is 1. The number of nitrogens with zero attached hydrogens (tertiary/aromatic N) is 2. The fourth-order valence-electron chi connectivity index (χ4n) is 4.31. The number of carbonyl (C=O) groups is 1. The Labute approximate surface area is 159 Å². The summed E-state index contributed by atoms with van der Waals surface area (Å²) in [7, 11) is 0. The van der Waals surface area contributed by atoms with Crippen molar-refractivity contribution in [1.29, 1.82) is 0 Å². The predicted molar refractivity (Wildman–Crippen MR) is 105 cm³/mol. The number of anilines is 2. The zero-order chi connectivity index (χ0) is 18.8. The molecule has 1 aromatic heterocycles. The van der Waals surface area contributed by atoms with E-state index < -0.39 is 0 Å². The van der Waals surface area contributed by atoms with E-state index in [1.165, 1.54) is 25.0 Å². The molecule has 1 saturated carbocycles. The van der Waals surface area contributed by atoms with Crippen LogP contribution in [0.1, 0.15) is 49.4 Å². The number of nitrogens with one attached hydrogen (secondary N) is 1. The number of benzene rings is 1. The molecule has 1 aliphatic carbocycles. The fraction of sp³-hybridized carbons (Fsp3) is 0.455. The summed E-state index contributed by atoms with van der Waals surface area (Å²) in [6, 6.07) is 10.4. The van der Waals surface area contributed by atoms with Crippen molar-refractivity contribution in [3.63, 3.8) is 0 Å². The highest BCUT2D eigenvalue weighted by molar-refractivity contribution is 5.79. The highest BCUT2D eigenvalue weighted by Gasteiger charge is 2.33. The maximum absolute atomic E-state index is 13.1. The van der Waals surface area contributed by atoms with E-state index in [2.05, 4.69) is 11.4 Å². The molecule has 27 heavy (non-hydrogen) atoms. The van der Waals surface area contributed by atoms with Crippen molar-refractivity contribution < 1.29 is 9.18 Å². The maximum atomic E-state index is 13.1. The highest BCUT2D eigenvalue weighted by atomic mass is 19.1. The van der Waals surface area contributed by atoms with Crippen LogP contribution >= 0.6 is 0 Å². The number of halogens is 1. The minimum Gasteiger partial charge on any atom is -0.355 e. The van der Waals surface area contributed by atoms with Gasteiger partial charge in [-0.15, -0.1) is 0 Å². The quantitative estimate of drug-likeness (QED) is 0.846. The molecular formula is C22H26FN3O. The Morgan fingerprint density at radius 2 is 1.85 bits per heavy atom. The number of amides is 1. The normalized spacial score (nSPS) is 20.2. The average Bonchev–Trinajstić information content (AvgIpc) is 3.35. The number of aryl methyl sites for hydroxylation is 1. The topological polar surface area (TPSA) is 45.2 Å². The summed E-state index contributed by atoms with van der Waals surface area (Å²) in [5, 5.41) is 3.33. The Bertz CT molecular complexity index is 815. The second-order valence-corrected chi connectivity index (χ2v) is 7.81. The van der Waals surface area contributed by atoms with Crippen LogP contribution in [0.2, 0.25) is 0 Å². The van der Waals surface area contributed by atoms with Crippen LogP contribution in [0.3, 0.4) is 0 Å². The number of aromatic nitrogens is 1. The van der Waals surface area contributed by atoms with E-state index in [4.69, 9.17) is 4.98 Å². The van der Waals surface area contributed by atoms with Gasteiger partial charge >= 0.3 is 0 Å². The van der Waals surface area contributed by atoms with Gasteiger partial charge in [0.2, 0.25) is 5.91 Å². The third-order valence-corrected chi connectivity index (χ3v) is 5.73. The van der Waals surface area contributed by atoms with Crippen molar-refractivity contribution in [2.75, 3.05) is 18.4 Å². The summed E-state index contributed by atoms with van der Waals surface area (Å²) < 4.78 is 13.1. The molecule has 0 radical (unpaired) electrons. The third-order valence-electron chi connectivity index (χ3n) is 5.73. The molecule has 2 heterocycles. The number of likely N-dealkylation sites (tertiary alicyclic amines) is 1. The van der Waals surface area contributed by atoms with E-state index in [1.54, 1.807) is 12.1 Å². The van der Waals surface area contributed by atoms with E-state index in [0.29, 0.717) is 5.91 Å². The molecule has 2 aromatic rings. The van der Waals surface area contributed by atoms with Gasteiger partial charge < -0.3 is 10.2 Å². The Hall–Kier alpha value is -2.43. The molecule has 1 amide bonds. The molecule has 1 saturated heterocycles. The van der Waals surface area contributed by atoms with Crippen molar-refractivity contribution in [3.05, 3.63) is 53.6 Å². The number of rotatable bonds is 4. The van der Waals surface area contributed by atoms with Gasteiger partial charge in [-0.3, -0.25) is 9.78 Å². The smallest absolute Gasteiger partial charge is 0.225 e. The summed E-state index contributed by atoms with van der Waals surface area (Å²) in [5.74, 6) is 0.617. The van der Waals surface area contributed by atoms with Gasteiger partial charge in [0.1, 0.15) is 5.82 Å². The van der Waals surface area contributed by atoms with Crippen LogP contribution in [0.5, 0.6) is 0 Å². The van der Waals surface area contributed by atoms with Gasteiger partial charge in [0, 0.05) is 47.7 Å². The molecule has 1 N–H and O–H groups in total. The lowest BCUT2D eigenvalue weighted by Gasteiger charge is -2.20. The van der Waals surface area contributed by atoms with Crippen molar-refractivity contribution in [1.82, 2.24) is 9.88 Å². The standard InChI is InChI=1S/C22H26FN3O/c1-15-12-20(25-19-8-6-18(23)7-9-19)13-21(24-15)17-10-11-26(14-17)22(27)16-4-2-3-5-16/h6-9,12-13,16-17H,2-5,10-11,14H2,1H3,(H,24,25). The van der Waals surface area contributed by atoms with Crippen molar-refractivity contribution >= 4 is 17.3 Å². The van der Waals surface area contributed by atoms with E-state index >= 15 is 0 Å². The van der Waals surface area contributed by atoms with Gasteiger partial charge in [-0.2, -0.15) is 0 Å². The average molecular weight is 367 g/mol. The number of pyridine rings is 1. The summed E-state index contributed by atoms with van der Waals surface area (Å²) in [6.07, 6.45) is 5.44. The second kappa shape index (κ2) is 7.67. The summed E-state index contributed by atoms with van der Waals surface area (Å²) >= 11 is 0. The molecule has 1 unspecified atom stereocenters. The molecule has 2 fully saturated rings. The van der Waals surface area contributed by atoms with Crippen molar-refractivity contribution in [2.24, 2.45) is 5.92 Å². The molecule has 5 heteroatoms. The van der Waals surface area contributed by atoms with E-state index in [1.807, 2.05) is 17.9 Å². The van der Waals surface area contributed by atoms with Gasteiger partial charge in [-0.05, 0) is 62.6 Å². The molecule has 4 nitrogen and oxygen atoms in total. The minimum absolute atomic E-state index is 0.241. The van der Waals surface area contributed by atoms with Crippen LogP contribution in [0.25, 0.3) is 0 Å². The van der Waals surface area contributed by atoms with Gasteiger partial charge in [0.25, 0.3) is 0 Å². The molecule has 1 atom stereocenters. The van der Waals surface area contributed by atoms with Crippen LogP contribution in [0.4, 0.5) is 15.8 Å². The summed E-state index contributed by atoms with van der Waals surface area (Å²) in [6.45, 7) is 3.58. The first-order valence-electron chi connectivity index (χ1n) is 9.88. The summed E-state index contributed by atoms with van der Waals surface area (Å²) in [5.41, 5.74) is 3.76. The van der Waals surface area contributed by atoms with Crippen LogP contribution in [-0.2, 0) is 4.79 Å². The van der Waals surface area contributed by atoms with Crippen LogP contribution < -0.4 is 5.32 Å². The second-order valence-electron chi connectivity index (χ2n) is 7.81.